The lowest BCUT2D eigenvalue weighted by atomic mass is 9.87. The van der Waals surface area contributed by atoms with E-state index in [0.29, 0.717) is 23.7 Å². The average Bonchev–Trinajstić information content (AvgIpc) is 2.01. The van der Waals surface area contributed by atoms with E-state index in [9.17, 15) is 36.1 Å². The Bertz CT molecular complexity index is 3250. The molecular weight excluding hydrogens is 1130 g/mol. The highest BCUT2D eigenvalue weighted by Crippen LogP contribution is 2.48. The number of benzene rings is 6. The molecule has 85 heavy (non-hydrogen) atoms. The molecule has 13 nitrogen and oxygen atoms in total. The third-order valence-corrected chi connectivity index (χ3v) is 18.4. The number of phenols is 1. The number of halogens is 2. The number of aliphatic hydroxyl groups is 1. The molecule has 17 heteroatoms. The van der Waals surface area contributed by atoms with Crippen molar-refractivity contribution >= 4 is 58.7 Å². The molecule has 1 saturated carbocycles. The number of aliphatic hydroxyl groups excluding tert-OH is 1. The fraction of sp³-hybridized carbons (Fsp3) is 0.426. The van der Waals surface area contributed by atoms with Crippen molar-refractivity contribution in [2.75, 3.05) is 13.2 Å². The molecule has 0 amide bonds. The van der Waals surface area contributed by atoms with Gasteiger partial charge in [-0.25, -0.2) is 13.2 Å². The van der Waals surface area contributed by atoms with Crippen LogP contribution in [0.4, 0.5) is 8.78 Å². The highest BCUT2D eigenvalue weighted by atomic mass is 32.2. The van der Waals surface area contributed by atoms with Crippen molar-refractivity contribution in [3.05, 3.63) is 168 Å². The van der Waals surface area contributed by atoms with E-state index in [0.717, 1.165) is 31.1 Å². The number of hydrogen-bond acceptors (Lipinski definition) is 13. The van der Waals surface area contributed by atoms with Crippen molar-refractivity contribution in [3.63, 3.8) is 0 Å². The summed E-state index contributed by atoms with van der Waals surface area (Å²) in [4.78, 5) is 35.9. The van der Waals surface area contributed by atoms with E-state index >= 15 is 0 Å². The van der Waals surface area contributed by atoms with Crippen molar-refractivity contribution in [2.45, 2.75) is 157 Å². The molecular formula is C68H84F2O13S2. The van der Waals surface area contributed by atoms with Crippen molar-refractivity contribution in [1.29, 1.82) is 0 Å². The standard InChI is InChI=1S/C20H32O2.C20H17OS.C16H20F2O7S.C12H16O3/c1-4-16(2)19-10-12-20(13-11-19)22-17(3)21-15-14-18-8-6-5-7-9-18;21-14-13-15-9-11-16(12-10-15)22-19-7-3-1-5-17(19)18-6-2-4-8-20(18)22;1-4-15(2,3)13(19)24-9-11-5-7-12(8-6-11)10-25-14(20)16(17,18)26(21,22)23;1-4-12(2,3)11(14)15-10-7-5-9(13)6-8-10/h10-13,16-18H,4-9,14-15H2,1-3H3;1-12,21H,13-14H2;5-8H,4,9-10H2,1-3H3,(H,21,22,23);5-8,13H,4H2,1-3H3/q;+1;;/p-1. The van der Waals surface area contributed by atoms with Gasteiger partial charge in [0.2, 0.25) is 0 Å². The molecule has 1 aromatic heterocycles. The fourth-order valence-corrected chi connectivity index (χ4v) is 11.3. The molecule has 2 atom stereocenters. The van der Waals surface area contributed by atoms with Crippen molar-refractivity contribution in [1.82, 2.24) is 0 Å². The average molecular weight is 1210 g/mol. The van der Waals surface area contributed by atoms with Crippen LogP contribution in [0.3, 0.4) is 0 Å². The number of fused-ring (bicyclic) bond motifs is 3. The Morgan fingerprint density at radius 1 is 0.647 bits per heavy atom. The highest BCUT2D eigenvalue weighted by Gasteiger charge is 2.48. The predicted octanol–water partition coefficient (Wildman–Crippen LogP) is 16.3. The smallest absolute Gasteiger partial charge is 0.428 e. The summed E-state index contributed by atoms with van der Waals surface area (Å²) in [6.45, 7) is 17.8. The summed E-state index contributed by atoms with van der Waals surface area (Å²) in [5.41, 5.74) is 2.38. The second kappa shape index (κ2) is 32.7. The summed E-state index contributed by atoms with van der Waals surface area (Å²) in [6, 6.07) is 46.6. The first kappa shape index (κ1) is 69.0. The van der Waals surface area contributed by atoms with Crippen LogP contribution in [0, 0.1) is 16.7 Å². The van der Waals surface area contributed by atoms with Gasteiger partial charge in [0, 0.05) is 27.8 Å². The summed E-state index contributed by atoms with van der Waals surface area (Å²) in [5, 5.41) is 15.7. The van der Waals surface area contributed by atoms with E-state index in [1.807, 2.05) is 34.6 Å². The molecule has 2 unspecified atom stereocenters. The maximum Gasteiger partial charge on any atom is 0.428 e. The molecule has 0 saturated heterocycles. The van der Waals surface area contributed by atoms with E-state index in [2.05, 4.69) is 116 Å². The Kier molecular flexibility index (Phi) is 26.5. The minimum absolute atomic E-state index is 0.00876. The van der Waals surface area contributed by atoms with Crippen LogP contribution in [0.5, 0.6) is 17.2 Å². The molecule has 1 fully saturated rings. The van der Waals surface area contributed by atoms with Gasteiger partial charge in [-0.3, -0.25) is 9.59 Å². The summed E-state index contributed by atoms with van der Waals surface area (Å²) in [5.74, 6) is -0.0582. The molecule has 2 N–H and O–H groups in total. The van der Waals surface area contributed by atoms with E-state index in [1.165, 1.54) is 118 Å². The third kappa shape index (κ3) is 20.7. The molecule has 0 aliphatic heterocycles. The van der Waals surface area contributed by atoms with Gasteiger partial charge in [-0.05, 0) is 174 Å². The molecule has 1 aliphatic rings. The first-order valence-electron chi connectivity index (χ1n) is 29.1. The van der Waals surface area contributed by atoms with Crippen LogP contribution < -0.4 is 9.47 Å². The largest absolute Gasteiger partial charge is 0.743 e. The number of carbonyl (C=O) groups is 3. The number of aromatic hydroxyl groups is 1. The second-order valence-electron chi connectivity index (χ2n) is 22.4. The summed E-state index contributed by atoms with van der Waals surface area (Å²) >= 11 is 0. The van der Waals surface area contributed by atoms with Crippen molar-refractivity contribution in [3.8, 4) is 22.1 Å². The quantitative estimate of drug-likeness (QED) is 0.0214. The van der Waals surface area contributed by atoms with Crippen LogP contribution in [-0.4, -0.2) is 65.8 Å². The highest BCUT2D eigenvalue weighted by molar-refractivity contribution is 7.87. The molecule has 0 bridgehead atoms. The normalized spacial score (nSPS) is 13.6. The fourth-order valence-electron chi connectivity index (χ4n) is 8.70. The Morgan fingerprint density at radius 2 is 1.13 bits per heavy atom. The minimum atomic E-state index is -6.15. The second-order valence-corrected chi connectivity index (χ2v) is 25.8. The number of hydrogen-bond donors (Lipinski definition) is 2. The van der Waals surface area contributed by atoms with Gasteiger partial charge in [-0.15, -0.1) is 0 Å². The predicted molar refractivity (Wildman–Crippen MR) is 331 cm³/mol. The number of ether oxygens (including phenoxy) is 5. The van der Waals surface area contributed by atoms with Crippen LogP contribution in [0.2, 0.25) is 0 Å². The van der Waals surface area contributed by atoms with Crippen LogP contribution in [0.25, 0.3) is 25.1 Å². The molecule has 0 radical (unpaired) electrons. The lowest BCUT2D eigenvalue weighted by molar-refractivity contribution is -0.163. The molecule has 7 aromatic rings. The number of alkyl halides is 2. The third-order valence-electron chi connectivity index (χ3n) is 15.3. The van der Waals surface area contributed by atoms with Gasteiger partial charge in [0.05, 0.1) is 17.4 Å². The summed E-state index contributed by atoms with van der Waals surface area (Å²) < 4.78 is 85.9. The SMILES string of the molecule is CCC(C)(C)C(=O)OCc1ccc(COC(=O)C(F)(F)S(=O)(=O)[O-])cc1.CCC(C)(C)C(=O)Oc1ccc(O)cc1.CCC(C)c1ccc(OC(C)OCCC2CCCCC2)cc1.OCCc1ccc(-[s+]2c3ccccc3c3ccccc32)cc1. The van der Waals surface area contributed by atoms with Gasteiger partial charge in [0.1, 0.15) is 30.5 Å². The van der Waals surface area contributed by atoms with Crippen molar-refractivity contribution in [2.24, 2.45) is 16.7 Å². The zero-order valence-corrected chi connectivity index (χ0v) is 52.1. The summed E-state index contributed by atoms with van der Waals surface area (Å²) in [6.07, 6.45) is 11.2. The van der Waals surface area contributed by atoms with E-state index in [1.54, 1.807) is 26.0 Å². The van der Waals surface area contributed by atoms with E-state index in [4.69, 9.17) is 29.2 Å². The molecule has 6 aromatic carbocycles. The van der Waals surface area contributed by atoms with Crippen LogP contribution in [0.1, 0.15) is 148 Å². The van der Waals surface area contributed by atoms with Gasteiger partial charge < -0.3 is 38.5 Å². The monoisotopic (exact) mass is 1210 g/mol. The number of esters is 3. The number of phenolic OH excluding ortho intramolecular Hbond substituents is 1. The first-order chi connectivity index (χ1) is 40.3. The van der Waals surface area contributed by atoms with Crippen LogP contribution >= 0.6 is 10.5 Å². The summed E-state index contributed by atoms with van der Waals surface area (Å²) in [7, 11) is -6.16. The van der Waals surface area contributed by atoms with Crippen LogP contribution in [0.15, 0.2) is 146 Å². The van der Waals surface area contributed by atoms with Gasteiger partial charge in [0.15, 0.2) is 30.7 Å². The van der Waals surface area contributed by atoms with Gasteiger partial charge in [-0.1, -0.05) is 133 Å². The van der Waals surface area contributed by atoms with Gasteiger partial charge in [0.25, 0.3) is 0 Å². The van der Waals surface area contributed by atoms with Gasteiger partial charge >= 0.3 is 23.2 Å². The Balaban J connectivity index is 0.000000210. The zero-order valence-electron chi connectivity index (χ0n) is 50.4. The Labute approximate surface area is 503 Å². The Morgan fingerprint density at radius 3 is 1.62 bits per heavy atom. The molecule has 1 aliphatic carbocycles. The van der Waals surface area contributed by atoms with Gasteiger partial charge in [-0.2, -0.15) is 8.78 Å². The molecule has 460 valence electrons. The van der Waals surface area contributed by atoms with E-state index < -0.39 is 38.8 Å². The number of rotatable bonds is 22. The topological polar surface area (TPSA) is 195 Å². The number of carbonyl (C=O) groups excluding carboxylic acids is 3. The molecule has 0 spiro atoms. The lowest BCUT2D eigenvalue weighted by Crippen LogP contribution is -2.38. The molecule has 8 rings (SSSR count). The number of thiophene rings is 1. The first-order valence-corrected chi connectivity index (χ1v) is 31.7. The van der Waals surface area contributed by atoms with E-state index in [-0.39, 0.29) is 53.2 Å². The minimum Gasteiger partial charge on any atom is -0.743 e. The lowest BCUT2D eigenvalue weighted by Gasteiger charge is -2.22. The Hall–Kier alpha value is -6.76. The zero-order chi connectivity index (χ0) is 62.4. The van der Waals surface area contributed by atoms with Crippen molar-refractivity contribution < 1.29 is 70.0 Å². The maximum absolute atomic E-state index is 13.0. The molecule has 1 heterocycles. The van der Waals surface area contributed by atoms with Crippen LogP contribution in [-0.2, 0) is 58.3 Å². The maximum atomic E-state index is 13.0.